The van der Waals surface area contributed by atoms with Gasteiger partial charge in [-0.2, -0.15) is 0 Å². The van der Waals surface area contributed by atoms with Crippen molar-refractivity contribution >= 4 is 63.3 Å². The van der Waals surface area contributed by atoms with Gasteiger partial charge in [-0.15, -0.1) is 0 Å². The Hall–Kier alpha value is -0.800. The second kappa shape index (κ2) is 6.98. The van der Waals surface area contributed by atoms with Crippen LogP contribution in [-0.2, 0) is 0 Å². The minimum Gasteiger partial charge on any atom is -0.486 e. The molecule has 2 aromatic rings. The average molecular weight is 395 g/mol. The van der Waals surface area contributed by atoms with E-state index in [9.17, 15) is 0 Å². The Morgan fingerprint density at radius 3 is 2.65 bits per heavy atom. The quantitative estimate of drug-likeness (QED) is 0.625. The normalized spacial score (nSPS) is 17.0. The number of hydrogen-bond acceptors (Lipinski definition) is 8. The second-order valence-corrected chi connectivity index (χ2v) is 9.60. The van der Waals surface area contributed by atoms with Crippen LogP contribution in [0, 0.1) is 0 Å². The zero-order chi connectivity index (χ0) is 15.6. The number of nitrogens with zero attached hydrogens (tertiary/aromatic N) is 2. The van der Waals surface area contributed by atoms with Gasteiger partial charge in [-0.1, -0.05) is 64.5 Å². The van der Waals surface area contributed by atoms with Crippen LogP contribution >= 0.6 is 58.4 Å². The molecule has 0 aromatic carbocycles. The van der Waals surface area contributed by atoms with Crippen LogP contribution in [0.4, 0.5) is 0 Å². The van der Waals surface area contributed by atoms with Crippen molar-refractivity contribution in [2.24, 2.45) is 0 Å². The van der Waals surface area contributed by atoms with Crippen molar-refractivity contribution in [1.82, 2.24) is 9.97 Å². The fraction of sp³-hybridized carbons (Fsp3) is 0.0667. The molecule has 3 nitrogen and oxygen atoms in total. The van der Waals surface area contributed by atoms with Gasteiger partial charge < -0.3 is 4.74 Å². The molecule has 0 N–H and O–H groups in total. The third-order valence-electron chi connectivity index (χ3n) is 2.95. The summed E-state index contributed by atoms with van der Waals surface area (Å²) in [5.74, 6) is 0. The molecule has 0 atom stereocenters. The number of hydrogen-bond donors (Lipinski definition) is 0. The van der Waals surface area contributed by atoms with Crippen molar-refractivity contribution in [3.8, 4) is 15.8 Å². The lowest BCUT2D eigenvalue weighted by atomic mass is 10.3. The molecule has 116 valence electrons. The summed E-state index contributed by atoms with van der Waals surface area (Å²) in [6.45, 7) is 0. The molecule has 4 heterocycles. The molecule has 0 radical (unpaired) electrons. The van der Waals surface area contributed by atoms with Crippen LogP contribution in [0.5, 0.6) is 5.06 Å². The van der Waals surface area contributed by atoms with Crippen molar-refractivity contribution in [2.75, 3.05) is 7.11 Å². The summed E-state index contributed by atoms with van der Waals surface area (Å²) in [6, 6.07) is 5.85. The Morgan fingerprint density at radius 1 is 1.04 bits per heavy atom. The molecule has 2 aliphatic rings. The Balaban J connectivity index is 1.65. The van der Waals surface area contributed by atoms with Crippen LogP contribution in [0.3, 0.4) is 0 Å². The van der Waals surface area contributed by atoms with E-state index in [4.69, 9.17) is 9.72 Å². The Morgan fingerprint density at radius 2 is 1.91 bits per heavy atom. The van der Waals surface area contributed by atoms with Crippen molar-refractivity contribution < 1.29 is 4.74 Å². The van der Waals surface area contributed by atoms with Crippen LogP contribution in [0.15, 0.2) is 49.1 Å². The van der Waals surface area contributed by atoms with E-state index < -0.39 is 0 Å². The van der Waals surface area contributed by atoms with Gasteiger partial charge in [-0.3, -0.25) is 4.98 Å². The molecule has 0 bridgehead atoms. The first kappa shape index (κ1) is 15.7. The predicted octanol–water partition coefficient (Wildman–Crippen LogP) is 6.07. The molecule has 8 heteroatoms. The Bertz CT molecular complexity index is 816. The molecule has 4 rings (SSSR count). The minimum atomic E-state index is 0.834. The number of thioether (sulfide) groups is 4. The molecule has 0 unspecified atom stereocenters. The van der Waals surface area contributed by atoms with Crippen molar-refractivity contribution in [1.29, 1.82) is 0 Å². The molecule has 0 saturated heterocycles. The van der Waals surface area contributed by atoms with Gasteiger partial charge in [0.1, 0.15) is 10.7 Å². The molecule has 2 aromatic heterocycles. The van der Waals surface area contributed by atoms with Gasteiger partial charge in [0.15, 0.2) is 0 Å². The number of aromatic nitrogens is 2. The van der Waals surface area contributed by atoms with E-state index >= 15 is 0 Å². The van der Waals surface area contributed by atoms with E-state index in [1.807, 2.05) is 18.2 Å². The lowest BCUT2D eigenvalue weighted by molar-refractivity contribution is 0.425. The van der Waals surface area contributed by atoms with Crippen LogP contribution < -0.4 is 4.74 Å². The van der Waals surface area contributed by atoms with Crippen molar-refractivity contribution in [3.63, 3.8) is 0 Å². The first-order chi connectivity index (χ1) is 11.3. The molecule has 0 aliphatic carbocycles. The first-order valence-electron chi connectivity index (χ1n) is 6.59. The van der Waals surface area contributed by atoms with Crippen LogP contribution in [0.25, 0.3) is 15.6 Å². The zero-order valence-electron chi connectivity index (χ0n) is 11.9. The molecule has 2 aliphatic heterocycles. The summed E-state index contributed by atoms with van der Waals surface area (Å²) < 4.78 is 8.20. The number of thiazole rings is 1. The van der Waals surface area contributed by atoms with Gasteiger partial charge in [0.25, 0.3) is 0 Å². The van der Waals surface area contributed by atoms with Crippen molar-refractivity contribution in [2.45, 2.75) is 0 Å². The molecule has 0 spiro atoms. The minimum absolute atomic E-state index is 0.834. The van der Waals surface area contributed by atoms with E-state index in [1.165, 1.54) is 19.8 Å². The SMILES string of the molecule is COc1sc(-c2ccccn2)nc1C1=CSC(=C2SC=CS2)S1. The lowest BCUT2D eigenvalue weighted by Crippen LogP contribution is -1.86. The van der Waals surface area contributed by atoms with Gasteiger partial charge in [-0.25, -0.2) is 4.98 Å². The summed E-state index contributed by atoms with van der Waals surface area (Å²) in [4.78, 5) is 10.3. The van der Waals surface area contributed by atoms with Crippen LogP contribution in [-0.4, -0.2) is 17.1 Å². The smallest absolute Gasteiger partial charge is 0.203 e. The fourth-order valence-electron chi connectivity index (χ4n) is 1.95. The van der Waals surface area contributed by atoms with Crippen molar-refractivity contribution in [3.05, 3.63) is 54.8 Å². The molecular weight excluding hydrogens is 385 g/mol. The van der Waals surface area contributed by atoms with E-state index in [-0.39, 0.29) is 0 Å². The third-order valence-corrected chi connectivity index (χ3v) is 9.01. The second-order valence-electron chi connectivity index (χ2n) is 4.36. The maximum atomic E-state index is 5.55. The van der Waals surface area contributed by atoms with E-state index in [0.717, 1.165) is 26.4 Å². The highest BCUT2D eigenvalue weighted by Gasteiger charge is 2.25. The largest absolute Gasteiger partial charge is 0.486 e. The standard InChI is InChI=1S/C15H10N2OS5/c1-18-13-11(17-12(23-13)9-4-2-3-5-16-9)10-8-21-15(22-10)14-19-6-7-20-14/h2-8H,1H3. The summed E-state index contributed by atoms with van der Waals surface area (Å²) >= 11 is 8.61. The van der Waals surface area contributed by atoms with E-state index in [0.29, 0.717) is 0 Å². The summed E-state index contributed by atoms with van der Waals surface area (Å²) in [7, 11) is 1.69. The maximum absolute atomic E-state index is 5.55. The molecule has 0 fully saturated rings. The monoisotopic (exact) mass is 394 g/mol. The van der Waals surface area contributed by atoms with Gasteiger partial charge in [0.05, 0.1) is 21.3 Å². The maximum Gasteiger partial charge on any atom is 0.203 e. The van der Waals surface area contributed by atoms with E-state index in [1.54, 1.807) is 60.4 Å². The number of pyridine rings is 1. The predicted molar refractivity (Wildman–Crippen MR) is 106 cm³/mol. The first-order valence-corrected chi connectivity index (χ1v) is 10.9. The summed E-state index contributed by atoms with van der Waals surface area (Å²) in [5, 5.41) is 8.12. The van der Waals surface area contributed by atoms with Gasteiger partial charge in [0, 0.05) is 11.1 Å². The number of methoxy groups -OCH3 is 1. The van der Waals surface area contributed by atoms with Gasteiger partial charge >= 0.3 is 0 Å². The molecular formula is C15H10N2OS5. The number of ether oxygens (including phenoxy) is 1. The Labute approximate surface area is 155 Å². The van der Waals surface area contributed by atoms with Crippen LogP contribution in [0.2, 0.25) is 0 Å². The van der Waals surface area contributed by atoms with Gasteiger partial charge in [-0.05, 0) is 28.4 Å². The highest BCUT2D eigenvalue weighted by atomic mass is 32.2. The molecule has 23 heavy (non-hydrogen) atoms. The summed E-state index contributed by atoms with van der Waals surface area (Å²) in [5.41, 5.74) is 1.79. The highest BCUT2D eigenvalue weighted by Crippen LogP contribution is 2.57. The van der Waals surface area contributed by atoms with Crippen LogP contribution in [0.1, 0.15) is 5.69 Å². The topological polar surface area (TPSA) is 35.0 Å². The zero-order valence-corrected chi connectivity index (χ0v) is 16.0. The molecule has 0 amide bonds. The molecule has 0 saturated carbocycles. The van der Waals surface area contributed by atoms with E-state index in [2.05, 4.69) is 21.2 Å². The Kier molecular flexibility index (Phi) is 4.77. The third kappa shape index (κ3) is 3.23. The summed E-state index contributed by atoms with van der Waals surface area (Å²) in [6.07, 6.45) is 1.78. The lowest BCUT2D eigenvalue weighted by Gasteiger charge is -2.02. The average Bonchev–Trinajstić information content (AvgIpc) is 3.33. The highest BCUT2D eigenvalue weighted by molar-refractivity contribution is 8.35. The number of rotatable bonds is 3. The fourth-order valence-corrected chi connectivity index (χ4v) is 7.33. The van der Waals surface area contributed by atoms with Gasteiger partial charge in [0.2, 0.25) is 5.06 Å².